The van der Waals surface area contributed by atoms with Crippen molar-refractivity contribution < 1.29 is 9.47 Å². The summed E-state index contributed by atoms with van der Waals surface area (Å²) in [7, 11) is 7.74. The van der Waals surface area contributed by atoms with Crippen LogP contribution < -0.4 is 9.47 Å². The van der Waals surface area contributed by atoms with Crippen molar-refractivity contribution in [3.05, 3.63) is 23.8 Å². The lowest BCUT2D eigenvalue weighted by Crippen LogP contribution is -2.56. The van der Waals surface area contributed by atoms with Gasteiger partial charge in [0, 0.05) is 31.3 Å². The average molecular weight is 264 g/mol. The smallest absolute Gasteiger partial charge is 0.127 e. The summed E-state index contributed by atoms with van der Waals surface area (Å²) < 4.78 is 10.8. The first-order chi connectivity index (χ1) is 9.01. The quantitative estimate of drug-likeness (QED) is 0.831. The van der Waals surface area contributed by atoms with Crippen LogP contribution in [0.15, 0.2) is 18.2 Å². The maximum atomic E-state index is 5.56. The van der Waals surface area contributed by atoms with Crippen LogP contribution in [0, 0.1) is 0 Å². The molecule has 0 aliphatic carbocycles. The third-order valence-corrected chi connectivity index (χ3v) is 4.23. The minimum atomic E-state index is -0.0371. The highest BCUT2D eigenvalue weighted by atomic mass is 16.5. The summed E-state index contributed by atoms with van der Waals surface area (Å²) >= 11 is 0. The van der Waals surface area contributed by atoms with Gasteiger partial charge in [0.1, 0.15) is 11.5 Å². The minimum Gasteiger partial charge on any atom is -0.497 e. The van der Waals surface area contributed by atoms with Gasteiger partial charge in [0.05, 0.1) is 19.8 Å². The van der Waals surface area contributed by atoms with Crippen molar-refractivity contribution >= 4 is 0 Å². The van der Waals surface area contributed by atoms with Crippen molar-refractivity contribution in [3.8, 4) is 11.5 Å². The van der Waals surface area contributed by atoms with E-state index in [0.717, 1.165) is 31.1 Å². The third kappa shape index (κ3) is 2.55. The average Bonchev–Trinajstić information content (AvgIpc) is 2.42. The molecule has 0 saturated carbocycles. The number of nitrogens with zero attached hydrogens (tertiary/aromatic N) is 2. The van der Waals surface area contributed by atoms with E-state index in [9.17, 15) is 0 Å². The first kappa shape index (κ1) is 14.2. The largest absolute Gasteiger partial charge is 0.497 e. The monoisotopic (exact) mass is 264 g/mol. The van der Waals surface area contributed by atoms with Crippen molar-refractivity contribution in [2.75, 3.05) is 47.9 Å². The van der Waals surface area contributed by atoms with Gasteiger partial charge in [-0.2, -0.15) is 0 Å². The van der Waals surface area contributed by atoms with Crippen LogP contribution in [0.2, 0.25) is 0 Å². The second kappa shape index (κ2) is 5.39. The van der Waals surface area contributed by atoms with Crippen molar-refractivity contribution in [1.29, 1.82) is 0 Å². The molecule has 0 amide bonds. The molecular formula is C15H24N2O2. The first-order valence-corrected chi connectivity index (χ1v) is 6.63. The standard InChI is InChI=1S/C15H24N2O2/c1-15(11-16(2)8-9-17(15)3)13-7-6-12(18-4)10-14(13)19-5/h6-7,10H,8-9,11H2,1-5H3. The van der Waals surface area contributed by atoms with Crippen LogP contribution in [-0.2, 0) is 5.54 Å². The highest BCUT2D eigenvalue weighted by Gasteiger charge is 2.38. The molecule has 0 bridgehead atoms. The van der Waals surface area contributed by atoms with Crippen LogP contribution in [0.3, 0.4) is 0 Å². The van der Waals surface area contributed by atoms with Gasteiger partial charge >= 0.3 is 0 Å². The number of ether oxygens (including phenoxy) is 2. The predicted molar refractivity (Wildman–Crippen MR) is 77.0 cm³/mol. The Bertz CT molecular complexity index is 450. The summed E-state index contributed by atoms with van der Waals surface area (Å²) in [5.74, 6) is 1.72. The molecule has 1 aromatic carbocycles. The molecule has 0 spiro atoms. The van der Waals surface area contributed by atoms with E-state index in [-0.39, 0.29) is 5.54 Å². The molecule has 1 heterocycles. The molecule has 1 atom stereocenters. The Kier molecular flexibility index (Phi) is 4.02. The van der Waals surface area contributed by atoms with Gasteiger partial charge in [-0.3, -0.25) is 4.90 Å². The van der Waals surface area contributed by atoms with E-state index in [1.807, 2.05) is 12.1 Å². The van der Waals surface area contributed by atoms with E-state index >= 15 is 0 Å². The zero-order valence-electron chi connectivity index (χ0n) is 12.6. The molecule has 106 valence electrons. The summed E-state index contributed by atoms with van der Waals surface area (Å²) in [6.07, 6.45) is 0. The Hall–Kier alpha value is -1.26. The van der Waals surface area contributed by atoms with Gasteiger partial charge in [0.2, 0.25) is 0 Å². The van der Waals surface area contributed by atoms with Crippen LogP contribution in [0.25, 0.3) is 0 Å². The SMILES string of the molecule is COc1ccc(C2(C)CN(C)CCN2C)c(OC)c1. The lowest BCUT2D eigenvalue weighted by Gasteiger charge is -2.47. The molecule has 1 unspecified atom stereocenters. The second-order valence-electron chi connectivity index (χ2n) is 5.50. The van der Waals surface area contributed by atoms with E-state index in [4.69, 9.17) is 9.47 Å². The molecule has 4 nitrogen and oxygen atoms in total. The Morgan fingerprint density at radius 1 is 1.11 bits per heavy atom. The molecule has 4 heteroatoms. The fourth-order valence-corrected chi connectivity index (χ4v) is 2.83. The zero-order chi connectivity index (χ0) is 14.0. The fraction of sp³-hybridized carbons (Fsp3) is 0.600. The Balaban J connectivity index is 2.43. The number of piperazine rings is 1. The number of hydrogen-bond acceptors (Lipinski definition) is 4. The topological polar surface area (TPSA) is 24.9 Å². The molecule has 19 heavy (non-hydrogen) atoms. The van der Waals surface area contributed by atoms with Crippen LogP contribution >= 0.6 is 0 Å². The van der Waals surface area contributed by atoms with E-state index < -0.39 is 0 Å². The third-order valence-electron chi connectivity index (χ3n) is 4.23. The fourth-order valence-electron chi connectivity index (χ4n) is 2.83. The van der Waals surface area contributed by atoms with E-state index in [2.05, 4.69) is 36.9 Å². The first-order valence-electron chi connectivity index (χ1n) is 6.63. The molecule has 1 aromatic rings. The van der Waals surface area contributed by atoms with Gasteiger partial charge < -0.3 is 14.4 Å². The summed E-state index contributed by atoms with van der Waals surface area (Å²) in [4.78, 5) is 4.76. The van der Waals surface area contributed by atoms with Crippen LogP contribution in [0.4, 0.5) is 0 Å². The van der Waals surface area contributed by atoms with Gasteiger partial charge in [-0.05, 0) is 33.2 Å². The highest BCUT2D eigenvalue weighted by molar-refractivity contribution is 5.45. The van der Waals surface area contributed by atoms with Gasteiger partial charge in [-0.15, -0.1) is 0 Å². The van der Waals surface area contributed by atoms with Gasteiger partial charge in [-0.1, -0.05) is 0 Å². The molecule has 0 N–H and O–H groups in total. The van der Waals surface area contributed by atoms with Gasteiger partial charge in [0.15, 0.2) is 0 Å². The Morgan fingerprint density at radius 3 is 2.47 bits per heavy atom. The Morgan fingerprint density at radius 2 is 1.84 bits per heavy atom. The van der Waals surface area contributed by atoms with Crippen LogP contribution in [-0.4, -0.2) is 57.7 Å². The zero-order valence-corrected chi connectivity index (χ0v) is 12.6. The second-order valence-corrected chi connectivity index (χ2v) is 5.50. The van der Waals surface area contributed by atoms with Crippen molar-refractivity contribution in [1.82, 2.24) is 9.80 Å². The molecule has 1 saturated heterocycles. The van der Waals surface area contributed by atoms with E-state index in [1.54, 1.807) is 14.2 Å². The number of rotatable bonds is 3. The number of hydrogen-bond donors (Lipinski definition) is 0. The van der Waals surface area contributed by atoms with Crippen LogP contribution in [0.1, 0.15) is 12.5 Å². The highest BCUT2D eigenvalue weighted by Crippen LogP contribution is 2.38. The lowest BCUT2D eigenvalue weighted by molar-refractivity contribution is 0.0362. The summed E-state index contributed by atoms with van der Waals surface area (Å²) in [6, 6.07) is 6.09. The maximum absolute atomic E-state index is 5.56. The lowest BCUT2D eigenvalue weighted by atomic mass is 9.87. The number of methoxy groups -OCH3 is 2. The molecule has 1 aliphatic rings. The van der Waals surface area contributed by atoms with Gasteiger partial charge in [-0.25, -0.2) is 0 Å². The maximum Gasteiger partial charge on any atom is 0.127 e. The van der Waals surface area contributed by atoms with Crippen molar-refractivity contribution in [2.24, 2.45) is 0 Å². The summed E-state index contributed by atoms with van der Waals surface area (Å²) in [5.41, 5.74) is 1.18. The summed E-state index contributed by atoms with van der Waals surface area (Å²) in [5, 5.41) is 0. The molecule has 1 aliphatic heterocycles. The number of benzene rings is 1. The van der Waals surface area contributed by atoms with E-state index in [1.165, 1.54) is 5.56 Å². The van der Waals surface area contributed by atoms with Gasteiger partial charge in [0.25, 0.3) is 0 Å². The molecule has 1 fully saturated rings. The molecule has 0 aromatic heterocycles. The molecule has 0 radical (unpaired) electrons. The predicted octanol–water partition coefficient (Wildman–Crippen LogP) is 1.80. The minimum absolute atomic E-state index is 0.0371. The Labute approximate surface area is 115 Å². The van der Waals surface area contributed by atoms with E-state index in [0.29, 0.717) is 0 Å². The molecular weight excluding hydrogens is 240 g/mol. The normalized spacial score (nSPS) is 25.3. The number of likely N-dealkylation sites (N-methyl/N-ethyl adjacent to an activating group) is 2. The molecule has 2 rings (SSSR count). The van der Waals surface area contributed by atoms with Crippen LogP contribution in [0.5, 0.6) is 11.5 Å². The summed E-state index contributed by atoms with van der Waals surface area (Å²) in [6.45, 7) is 5.42. The van der Waals surface area contributed by atoms with Crippen molar-refractivity contribution in [2.45, 2.75) is 12.5 Å². The van der Waals surface area contributed by atoms with Crippen molar-refractivity contribution in [3.63, 3.8) is 0 Å².